The van der Waals surface area contributed by atoms with Crippen molar-refractivity contribution in [3.8, 4) is 11.3 Å². The molecule has 1 fully saturated rings. The van der Waals surface area contributed by atoms with Gasteiger partial charge in [-0.3, -0.25) is 5.10 Å². The van der Waals surface area contributed by atoms with Gasteiger partial charge in [0.05, 0.1) is 5.69 Å². The number of aromatic carboxylic acids is 1. The van der Waals surface area contributed by atoms with E-state index in [0.29, 0.717) is 11.6 Å². The van der Waals surface area contributed by atoms with Gasteiger partial charge in [0.15, 0.2) is 0 Å². The summed E-state index contributed by atoms with van der Waals surface area (Å²) in [7, 11) is 0. The number of nitrogens with zero attached hydrogens (tertiary/aromatic N) is 1. The minimum absolute atomic E-state index is 0.0810. The molecule has 4 nitrogen and oxygen atoms in total. The smallest absolute Gasteiger partial charge is 0.353 e. The second-order valence-electron chi connectivity index (χ2n) is 5.54. The zero-order valence-corrected chi connectivity index (χ0v) is 12.4. The quantitative estimate of drug-likeness (QED) is 0.879. The molecule has 110 valence electrons. The van der Waals surface area contributed by atoms with Crippen molar-refractivity contribution in [3.63, 3.8) is 0 Å². The fourth-order valence-electron chi connectivity index (χ4n) is 3.01. The number of carboxylic acids is 1. The topological polar surface area (TPSA) is 66.0 Å². The molecule has 1 saturated carbocycles. The molecule has 1 aliphatic carbocycles. The highest BCUT2D eigenvalue weighted by Gasteiger charge is 2.19. The first-order valence-electron chi connectivity index (χ1n) is 7.23. The maximum atomic E-state index is 10.9. The van der Waals surface area contributed by atoms with Crippen LogP contribution in [0.15, 0.2) is 24.3 Å². The van der Waals surface area contributed by atoms with Crippen LogP contribution in [0.3, 0.4) is 0 Å². The normalized spacial score (nSPS) is 16.0. The van der Waals surface area contributed by atoms with E-state index in [1.54, 1.807) is 0 Å². The molecule has 3 rings (SSSR count). The number of benzene rings is 1. The highest BCUT2D eigenvalue weighted by Crippen LogP contribution is 2.37. The number of rotatable bonds is 3. The summed E-state index contributed by atoms with van der Waals surface area (Å²) < 4.78 is 0. The molecule has 0 radical (unpaired) electrons. The molecule has 2 N–H and O–H groups in total. The Morgan fingerprint density at radius 1 is 1.24 bits per heavy atom. The van der Waals surface area contributed by atoms with Gasteiger partial charge in [-0.25, -0.2) is 4.79 Å². The van der Waals surface area contributed by atoms with Crippen LogP contribution in [0, 0.1) is 0 Å². The van der Waals surface area contributed by atoms with Crippen molar-refractivity contribution >= 4 is 17.6 Å². The van der Waals surface area contributed by atoms with Gasteiger partial charge in [0, 0.05) is 10.6 Å². The van der Waals surface area contributed by atoms with Crippen LogP contribution in [0.4, 0.5) is 0 Å². The summed E-state index contributed by atoms with van der Waals surface area (Å²) >= 11 is 6.43. The van der Waals surface area contributed by atoms with E-state index >= 15 is 0 Å². The zero-order chi connectivity index (χ0) is 14.8. The average molecular weight is 305 g/mol. The summed E-state index contributed by atoms with van der Waals surface area (Å²) in [5, 5.41) is 16.2. The molecule has 0 atom stereocenters. The largest absolute Gasteiger partial charge is 0.477 e. The third kappa shape index (κ3) is 2.95. The van der Waals surface area contributed by atoms with Gasteiger partial charge in [0.25, 0.3) is 0 Å². The summed E-state index contributed by atoms with van der Waals surface area (Å²) in [5.41, 5.74) is 2.72. The fourth-order valence-corrected chi connectivity index (χ4v) is 3.35. The lowest BCUT2D eigenvalue weighted by atomic mass is 9.84. The number of nitrogens with one attached hydrogen (secondary N) is 1. The minimum atomic E-state index is -1.02. The van der Waals surface area contributed by atoms with Crippen molar-refractivity contribution in [1.82, 2.24) is 10.2 Å². The van der Waals surface area contributed by atoms with Gasteiger partial charge in [-0.2, -0.15) is 5.10 Å². The van der Waals surface area contributed by atoms with E-state index in [2.05, 4.69) is 16.3 Å². The third-order valence-corrected chi connectivity index (χ3v) is 4.48. The number of aromatic nitrogens is 2. The lowest BCUT2D eigenvalue weighted by Gasteiger charge is -2.23. The number of carboxylic acid groups (broad SMARTS) is 1. The van der Waals surface area contributed by atoms with Gasteiger partial charge < -0.3 is 5.11 Å². The molecule has 0 bridgehead atoms. The van der Waals surface area contributed by atoms with Crippen molar-refractivity contribution in [1.29, 1.82) is 0 Å². The molecule has 21 heavy (non-hydrogen) atoms. The third-order valence-electron chi connectivity index (χ3n) is 4.15. The average Bonchev–Trinajstić information content (AvgIpc) is 2.98. The standard InChI is InChI=1S/C16H17ClN2O2/c17-13-8-11(14-9-15(16(20)21)19-18-14)6-7-12(13)10-4-2-1-3-5-10/h6-10H,1-5H2,(H,18,19)(H,20,21). The van der Waals surface area contributed by atoms with Crippen LogP contribution in [0.2, 0.25) is 5.02 Å². The van der Waals surface area contributed by atoms with E-state index in [1.165, 1.54) is 43.7 Å². The number of carbonyl (C=O) groups is 1. The predicted molar refractivity (Wildman–Crippen MR) is 81.8 cm³/mol. The van der Waals surface area contributed by atoms with E-state index in [-0.39, 0.29) is 5.69 Å². The van der Waals surface area contributed by atoms with Crippen LogP contribution < -0.4 is 0 Å². The summed E-state index contributed by atoms with van der Waals surface area (Å²) in [5.74, 6) is -0.465. The first-order chi connectivity index (χ1) is 10.1. The first kappa shape index (κ1) is 14.1. The van der Waals surface area contributed by atoms with Crippen LogP contribution in [-0.4, -0.2) is 21.3 Å². The van der Waals surface area contributed by atoms with Crippen LogP contribution in [0.5, 0.6) is 0 Å². The van der Waals surface area contributed by atoms with Crippen molar-refractivity contribution < 1.29 is 9.90 Å². The second kappa shape index (κ2) is 5.90. The molecule has 1 aromatic heterocycles. The number of aromatic amines is 1. The zero-order valence-electron chi connectivity index (χ0n) is 11.6. The number of halogens is 1. The monoisotopic (exact) mass is 304 g/mol. The molecule has 0 saturated heterocycles. The fraction of sp³-hybridized carbons (Fsp3) is 0.375. The van der Waals surface area contributed by atoms with Gasteiger partial charge in [-0.15, -0.1) is 0 Å². The van der Waals surface area contributed by atoms with Gasteiger partial charge in [-0.1, -0.05) is 43.0 Å². The number of hydrogen-bond donors (Lipinski definition) is 2. The van der Waals surface area contributed by atoms with Crippen molar-refractivity contribution in [2.75, 3.05) is 0 Å². The Kier molecular flexibility index (Phi) is 3.97. The van der Waals surface area contributed by atoms with Crippen molar-refractivity contribution in [2.45, 2.75) is 38.0 Å². The Morgan fingerprint density at radius 3 is 2.62 bits per heavy atom. The maximum Gasteiger partial charge on any atom is 0.353 e. The van der Waals surface area contributed by atoms with Gasteiger partial charge in [-0.05, 0) is 36.5 Å². The molecule has 1 heterocycles. The van der Waals surface area contributed by atoms with E-state index in [1.807, 2.05) is 12.1 Å². The van der Waals surface area contributed by atoms with E-state index in [9.17, 15) is 4.79 Å². The van der Waals surface area contributed by atoms with E-state index < -0.39 is 5.97 Å². The Balaban J connectivity index is 1.87. The minimum Gasteiger partial charge on any atom is -0.477 e. The Bertz CT molecular complexity index is 660. The SMILES string of the molecule is O=C(O)c1cc(-c2ccc(C3CCCCC3)c(Cl)c2)n[nH]1. The maximum absolute atomic E-state index is 10.9. The molecular weight excluding hydrogens is 288 g/mol. The summed E-state index contributed by atoms with van der Waals surface area (Å²) in [6.45, 7) is 0. The van der Waals surface area contributed by atoms with Crippen LogP contribution in [0.25, 0.3) is 11.3 Å². The number of hydrogen-bond acceptors (Lipinski definition) is 2. The lowest BCUT2D eigenvalue weighted by Crippen LogP contribution is -2.05. The van der Waals surface area contributed by atoms with Gasteiger partial charge in [0.2, 0.25) is 0 Å². The number of H-pyrrole nitrogens is 1. The second-order valence-corrected chi connectivity index (χ2v) is 5.95. The first-order valence-corrected chi connectivity index (χ1v) is 7.61. The van der Waals surface area contributed by atoms with Crippen LogP contribution in [0.1, 0.15) is 54.1 Å². The van der Waals surface area contributed by atoms with Crippen molar-refractivity contribution in [2.24, 2.45) is 0 Å². The van der Waals surface area contributed by atoms with Gasteiger partial charge >= 0.3 is 5.97 Å². The van der Waals surface area contributed by atoms with Crippen LogP contribution in [-0.2, 0) is 0 Å². The Labute approximate surface area is 128 Å². The molecule has 5 heteroatoms. The molecular formula is C16H17ClN2O2. The van der Waals surface area contributed by atoms with E-state index in [0.717, 1.165) is 10.6 Å². The Morgan fingerprint density at radius 2 is 2.00 bits per heavy atom. The molecule has 2 aromatic rings. The highest BCUT2D eigenvalue weighted by atomic mass is 35.5. The summed E-state index contributed by atoms with van der Waals surface area (Å²) in [6, 6.07) is 7.43. The predicted octanol–water partition coefficient (Wildman–Crippen LogP) is 4.48. The molecule has 0 spiro atoms. The molecule has 1 aliphatic rings. The molecule has 0 aliphatic heterocycles. The van der Waals surface area contributed by atoms with E-state index in [4.69, 9.17) is 16.7 Å². The molecule has 0 amide bonds. The van der Waals surface area contributed by atoms with Crippen LogP contribution >= 0.6 is 11.6 Å². The summed E-state index contributed by atoms with van der Waals surface area (Å²) in [4.78, 5) is 10.9. The molecule has 1 aromatic carbocycles. The van der Waals surface area contributed by atoms with Gasteiger partial charge in [0.1, 0.15) is 5.69 Å². The summed E-state index contributed by atoms with van der Waals surface area (Å²) in [6.07, 6.45) is 6.25. The lowest BCUT2D eigenvalue weighted by molar-refractivity contribution is 0.0690. The Hall–Kier alpha value is -1.81. The molecule has 0 unspecified atom stereocenters. The van der Waals surface area contributed by atoms with Crippen molar-refractivity contribution in [3.05, 3.63) is 40.5 Å². The highest BCUT2D eigenvalue weighted by molar-refractivity contribution is 6.31.